The lowest BCUT2D eigenvalue weighted by molar-refractivity contribution is 0.102. The van der Waals surface area contributed by atoms with E-state index in [1.54, 1.807) is 18.2 Å². The average molecular weight is 344 g/mol. The van der Waals surface area contributed by atoms with Crippen molar-refractivity contribution in [1.29, 1.82) is 0 Å². The van der Waals surface area contributed by atoms with E-state index in [1.165, 1.54) is 18.2 Å². The van der Waals surface area contributed by atoms with Gasteiger partial charge in [-0.3, -0.25) is 4.79 Å². The van der Waals surface area contributed by atoms with Gasteiger partial charge in [0.05, 0.1) is 10.7 Å². The quantitative estimate of drug-likeness (QED) is 0.807. The molecule has 1 amide bonds. The zero-order valence-electron chi connectivity index (χ0n) is 9.58. The number of rotatable bonds is 2. The number of hydrogen-bond acceptors (Lipinski definition) is 2. The highest BCUT2D eigenvalue weighted by Gasteiger charge is 2.12. The Labute approximate surface area is 122 Å². The van der Waals surface area contributed by atoms with Crippen LogP contribution in [0.2, 0.25) is 5.02 Å². The van der Waals surface area contributed by atoms with Crippen LogP contribution in [0.25, 0.3) is 0 Å². The molecule has 98 valence electrons. The SMILES string of the molecule is Nc1cc(Br)cc(C(=O)Nc2cccc(Cl)c2F)c1. The highest BCUT2D eigenvalue weighted by Crippen LogP contribution is 2.23. The van der Waals surface area contributed by atoms with E-state index in [0.29, 0.717) is 15.7 Å². The predicted octanol–water partition coefficient (Wildman–Crippen LogP) is 4.08. The van der Waals surface area contributed by atoms with Gasteiger partial charge in [-0.25, -0.2) is 4.39 Å². The number of nitrogens with one attached hydrogen (secondary N) is 1. The van der Waals surface area contributed by atoms with E-state index in [4.69, 9.17) is 17.3 Å². The standard InChI is InChI=1S/C13H9BrClFN2O/c14-8-4-7(5-9(17)6-8)13(19)18-11-3-1-2-10(15)12(11)16/h1-6H,17H2,(H,18,19). The smallest absolute Gasteiger partial charge is 0.255 e. The van der Waals surface area contributed by atoms with E-state index in [1.807, 2.05) is 0 Å². The van der Waals surface area contributed by atoms with Crippen LogP contribution in [-0.2, 0) is 0 Å². The molecule has 3 N–H and O–H groups in total. The number of benzene rings is 2. The Morgan fingerprint density at radius 1 is 1.32 bits per heavy atom. The highest BCUT2D eigenvalue weighted by molar-refractivity contribution is 9.10. The van der Waals surface area contributed by atoms with Gasteiger partial charge in [0.2, 0.25) is 0 Å². The number of carbonyl (C=O) groups is 1. The summed E-state index contributed by atoms with van der Waals surface area (Å²) < 4.78 is 14.3. The molecule has 0 atom stereocenters. The molecule has 0 saturated carbocycles. The van der Waals surface area contributed by atoms with Crippen molar-refractivity contribution in [2.24, 2.45) is 0 Å². The molecule has 0 radical (unpaired) electrons. The van der Waals surface area contributed by atoms with Crippen LogP contribution in [0.1, 0.15) is 10.4 Å². The van der Waals surface area contributed by atoms with Crippen molar-refractivity contribution in [3.63, 3.8) is 0 Å². The molecular formula is C13H9BrClFN2O. The topological polar surface area (TPSA) is 55.1 Å². The second kappa shape index (κ2) is 5.59. The van der Waals surface area contributed by atoms with Gasteiger partial charge >= 0.3 is 0 Å². The zero-order chi connectivity index (χ0) is 14.0. The second-order valence-corrected chi connectivity index (χ2v) is 5.15. The minimum Gasteiger partial charge on any atom is -0.399 e. The molecule has 6 heteroatoms. The normalized spacial score (nSPS) is 10.3. The number of anilines is 2. The van der Waals surface area contributed by atoms with Gasteiger partial charge in [0.25, 0.3) is 5.91 Å². The summed E-state index contributed by atoms with van der Waals surface area (Å²) in [4.78, 5) is 12.0. The van der Waals surface area contributed by atoms with Crippen molar-refractivity contribution < 1.29 is 9.18 Å². The van der Waals surface area contributed by atoms with E-state index in [9.17, 15) is 9.18 Å². The van der Waals surface area contributed by atoms with Crippen LogP contribution in [0.4, 0.5) is 15.8 Å². The lowest BCUT2D eigenvalue weighted by atomic mass is 10.2. The monoisotopic (exact) mass is 342 g/mol. The minimum atomic E-state index is -0.666. The van der Waals surface area contributed by atoms with Gasteiger partial charge in [-0.2, -0.15) is 0 Å². The molecule has 0 spiro atoms. The van der Waals surface area contributed by atoms with Crippen LogP contribution < -0.4 is 11.1 Å². The van der Waals surface area contributed by atoms with Crippen molar-refractivity contribution in [2.75, 3.05) is 11.1 Å². The van der Waals surface area contributed by atoms with Crippen molar-refractivity contribution in [3.05, 3.63) is 57.3 Å². The fraction of sp³-hybridized carbons (Fsp3) is 0. The minimum absolute atomic E-state index is 0.0241. The molecule has 2 aromatic rings. The third kappa shape index (κ3) is 3.24. The fourth-order valence-corrected chi connectivity index (χ4v) is 2.22. The largest absolute Gasteiger partial charge is 0.399 e. The van der Waals surface area contributed by atoms with Crippen LogP contribution in [0.15, 0.2) is 40.9 Å². The molecule has 0 saturated heterocycles. The molecule has 0 unspecified atom stereocenters. The average Bonchev–Trinajstić information content (AvgIpc) is 2.33. The first-order chi connectivity index (χ1) is 8.97. The first-order valence-corrected chi connectivity index (χ1v) is 6.46. The molecule has 2 aromatic carbocycles. The van der Waals surface area contributed by atoms with Crippen molar-refractivity contribution >= 4 is 44.8 Å². The van der Waals surface area contributed by atoms with E-state index in [2.05, 4.69) is 21.2 Å². The zero-order valence-corrected chi connectivity index (χ0v) is 11.9. The van der Waals surface area contributed by atoms with Crippen LogP contribution in [0.5, 0.6) is 0 Å². The predicted molar refractivity (Wildman–Crippen MR) is 77.9 cm³/mol. The van der Waals surface area contributed by atoms with Gasteiger partial charge in [-0.1, -0.05) is 33.6 Å². The molecule has 19 heavy (non-hydrogen) atoms. The number of nitrogens with two attached hydrogens (primary N) is 1. The maximum atomic E-state index is 13.7. The van der Waals surface area contributed by atoms with Crippen LogP contribution in [0, 0.1) is 5.82 Å². The van der Waals surface area contributed by atoms with Crippen LogP contribution in [-0.4, -0.2) is 5.91 Å². The van der Waals surface area contributed by atoms with Gasteiger partial charge in [-0.05, 0) is 30.3 Å². The number of hydrogen-bond donors (Lipinski definition) is 2. The highest BCUT2D eigenvalue weighted by atomic mass is 79.9. The maximum absolute atomic E-state index is 13.7. The molecule has 0 aliphatic rings. The first-order valence-electron chi connectivity index (χ1n) is 5.29. The number of carbonyl (C=O) groups excluding carboxylic acids is 1. The summed E-state index contributed by atoms with van der Waals surface area (Å²) in [5.74, 6) is -1.13. The van der Waals surface area contributed by atoms with E-state index >= 15 is 0 Å². The molecule has 0 aliphatic heterocycles. The Morgan fingerprint density at radius 2 is 2.05 bits per heavy atom. The lowest BCUT2D eigenvalue weighted by Gasteiger charge is -2.08. The van der Waals surface area contributed by atoms with E-state index in [-0.39, 0.29) is 10.7 Å². The molecule has 0 fully saturated rings. The van der Waals surface area contributed by atoms with Gasteiger partial charge in [0, 0.05) is 15.7 Å². The van der Waals surface area contributed by atoms with Crippen molar-refractivity contribution in [1.82, 2.24) is 0 Å². The second-order valence-electron chi connectivity index (χ2n) is 3.83. The van der Waals surface area contributed by atoms with Gasteiger partial charge < -0.3 is 11.1 Å². The fourth-order valence-electron chi connectivity index (χ4n) is 1.54. The lowest BCUT2D eigenvalue weighted by Crippen LogP contribution is -2.13. The summed E-state index contributed by atoms with van der Waals surface area (Å²) in [5.41, 5.74) is 6.42. The molecule has 0 bridgehead atoms. The summed E-state index contributed by atoms with van der Waals surface area (Å²) in [7, 11) is 0. The summed E-state index contributed by atoms with van der Waals surface area (Å²) in [6, 6.07) is 9.15. The molecular weight excluding hydrogens is 335 g/mol. The maximum Gasteiger partial charge on any atom is 0.255 e. The summed E-state index contributed by atoms with van der Waals surface area (Å²) >= 11 is 8.88. The van der Waals surface area contributed by atoms with E-state index < -0.39 is 11.7 Å². The van der Waals surface area contributed by atoms with Crippen molar-refractivity contribution in [2.45, 2.75) is 0 Å². The Kier molecular flexibility index (Phi) is 4.07. The molecule has 0 heterocycles. The first kappa shape index (κ1) is 13.8. The third-order valence-corrected chi connectivity index (χ3v) is 3.13. The Bertz CT molecular complexity index is 628. The van der Waals surface area contributed by atoms with Crippen LogP contribution in [0.3, 0.4) is 0 Å². The summed E-state index contributed by atoms with van der Waals surface area (Å²) in [5, 5.41) is 2.40. The number of nitrogen functional groups attached to an aromatic ring is 1. The molecule has 0 aliphatic carbocycles. The van der Waals surface area contributed by atoms with E-state index in [0.717, 1.165) is 0 Å². The van der Waals surface area contributed by atoms with Gasteiger partial charge in [0.1, 0.15) is 0 Å². The summed E-state index contributed by atoms with van der Waals surface area (Å²) in [6.45, 7) is 0. The third-order valence-electron chi connectivity index (χ3n) is 2.38. The van der Waals surface area contributed by atoms with Crippen LogP contribution >= 0.6 is 27.5 Å². The number of amides is 1. The molecule has 3 nitrogen and oxygen atoms in total. The Balaban J connectivity index is 2.28. The molecule has 0 aromatic heterocycles. The molecule has 2 rings (SSSR count). The van der Waals surface area contributed by atoms with Gasteiger partial charge in [-0.15, -0.1) is 0 Å². The Morgan fingerprint density at radius 3 is 2.74 bits per heavy atom. The van der Waals surface area contributed by atoms with Crippen molar-refractivity contribution in [3.8, 4) is 0 Å². The number of halogens is 3. The van der Waals surface area contributed by atoms with Gasteiger partial charge in [0.15, 0.2) is 5.82 Å². The Hall–Kier alpha value is -1.59. The summed E-state index contributed by atoms with van der Waals surface area (Å²) in [6.07, 6.45) is 0.